The molecule has 17 heavy (non-hydrogen) atoms. The first-order chi connectivity index (χ1) is 7.89. The number of aliphatic carboxylic acids is 1. The lowest BCUT2D eigenvalue weighted by Gasteiger charge is -2.25. The van der Waals surface area contributed by atoms with Gasteiger partial charge in [-0.15, -0.1) is 0 Å². The summed E-state index contributed by atoms with van der Waals surface area (Å²) in [6.07, 6.45) is 2.37. The van der Waals surface area contributed by atoms with Crippen molar-refractivity contribution in [2.45, 2.75) is 39.2 Å². The molecule has 0 aliphatic rings. The summed E-state index contributed by atoms with van der Waals surface area (Å²) in [6.45, 7) is 5.10. The number of carbonyl (C=O) groups excluding carboxylic acids is 1. The van der Waals surface area contributed by atoms with Gasteiger partial charge in [0, 0.05) is 0 Å². The lowest BCUT2D eigenvalue weighted by molar-refractivity contribution is -0.144. The number of amides is 1. The maximum Gasteiger partial charge on any atom is 0.329 e. The predicted molar refractivity (Wildman–Crippen MR) is 61.9 cm³/mol. The zero-order valence-corrected chi connectivity index (χ0v) is 10.2. The van der Waals surface area contributed by atoms with Crippen LogP contribution < -0.4 is 5.32 Å². The highest BCUT2D eigenvalue weighted by molar-refractivity contribution is 5.97. The largest absolute Gasteiger partial charge is 0.480 e. The molecule has 0 saturated heterocycles. The maximum atomic E-state index is 11.8. The van der Waals surface area contributed by atoms with Crippen LogP contribution in [-0.2, 0) is 4.79 Å². The van der Waals surface area contributed by atoms with E-state index in [1.54, 1.807) is 13.0 Å². The van der Waals surface area contributed by atoms with Gasteiger partial charge in [0.2, 0.25) is 0 Å². The second kappa shape index (κ2) is 5.03. The number of rotatable bonds is 5. The fourth-order valence-electron chi connectivity index (χ4n) is 1.61. The fourth-order valence-corrected chi connectivity index (χ4v) is 1.61. The first kappa shape index (κ1) is 13.3. The first-order valence-corrected chi connectivity index (χ1v) is 5.50. The highest BCUT2D eigenvalue weighted by atomic mass is 16.4. The molecule has 1 heterocycles. The van der Waals surface area contributed by atoms with Crippen LogP contribution in [0, 0.1) is 6.92 Å². The van der Waals surface area contributed by atoms with E-state index < -0.39 is 17.4 Å². The Kier molecular flexibility index (Phi) is 3.93. The summed E-state index contributed by atoms with van der Waals surface area (Å²) in [6, 6.07) is 1.57. The average molecular weight is 239 g/mol. The minimum atomic E-state index is -1.24. The molecule has 1 unspecified atom stereocenters. The molecule has 0 fully saturated rings. The number of carboxylic acids is 1. The SMILES string of the molecule is CCCC(C)(NC(=O)c1coc(C)c1)C(=O)O. The fraction of sp³-hybridized carbons (Fsp3) is 0.500. The molecular formula is C12H17NO4. The van der Waals surface area contributed by atoms with Crippen LogP contribution in [0.3, 0.4) is 0 Å². The monoisotopic (exact) mass is 239 g/mol. The highest BCUT2D eigenvalue weighted by Gasteiger charge is 2.34. The minimum absolute atomic E-state index is 0.339. The van der Waals surface area contributed by atoms with E-state index in [9.17, 15) is 9.59 Å². The molecule has 1 amide bonds. The van der Waals surface area contributed by atoms with E-state index in [-0.39, 0.29) is 0 Å². The van der Waals surface area contributed by atoms with Gasteiger partial charge in [0.15, 0.2) is 0 Å². The van der Waals surface area contributed by atoms with E-state index in [4.69, 9.17) is 9.52 Å². The quantitative estimate of drug-likeness (QED) is 0.823. The molecule has 0 spiro atoms. The topological polar surface area (TPSA) is 79.5 Å². The Morgan fingerprint density at radius 1 is 1.53 bits per heavy atom. The average Bonchev–Trinajstić information content (AvgIpc) is 2.65. The van der Waals surface area contributed by atoms with Gasteiger partial charge in [0.05, 0.1) is 5.56 Å². The van der Waals surface area contributed by atoms with E-state index in [1.807, 2.05) is 6.92 Å². The number of furan rings is 1. The molecule has 0 radical (unpaired) electrons. The Morgan fingerprint density at radius 3 is 2.59 bits per heavy atom. The van der Waals surface area contributed by atoms with Crippen LogP contribution in [-0.4, -0.2) is 22.5 Å². The van der Waals surface area contributed by atoms with Crippen LogP contribution in [0.15, 0.2) is 16.7 Å². The molecule has 1 atom stereocenters. The summed E-state index contributed by atoms with van der Waals surface area (Å²) in [4.78, 5) is 23.0. The summed E-state index contributed by atoms with van der Waals surface area (Å²) >= 11 is 0. The van der Waals surface area contributed by atoms with Crippen LogP contribution in [0.2, 0.25) is 0 Å². The summed E-state index contributed by atoms with van der Waals surface area (Å²) in [5, 5.41) is 11.7. The van der Waals surface area contributed by atoms with E-state index in [0.29, 0.717) is 24.2 Å². The zero-order chi connectivity index (χ0) is 13.1. The van der Waals surface area contributed by atoms with Gasteiger partial charge in [0.1, 0.15) is 17.6 Å². The van der Waals surface area contributed by atoms with Crippen molar-refractivity contribution in [2.24, 2.45) is 0 Å². The molecule has 94 valence electrons. The predicted octanol–water partition coefficient (Wildman–Crippen LogP) is 1.96. The number of hydrogen-bond acceptors (Lipinski definition) is 3. The van der Waals surface area contributed by atoms with Gasteiger partial charge in [-0.1, -0.05) is 13.3 Å². The smallest absolute Gasteiger partial charge is 0.329 e. The van der Waals surface area contributed by atoms with E-state index in [2.05, 4.69) is 5.32 Å². The number of hydrogen-bond donors (Lipinski definition) is 2. The van der Waals surface area contributed by atoms with Crippen molar-refractivity contribution in [1.82, 2.24) is 5.32 Å². The van der Waals surface area contributed by atoms with Crippen molar-refractivity contribution < 1.29 is 19.1 Å². The maximum absolute atomic E-state index is 11.8. The molecule has 0 saturated carbocycles. The number of aryl methyl sites for hydroxylation is 1. The Hall–Kier alpha value is -1.78. The van der Waals surface area contributed by atoms with Crippen molar-refractivity contribution >= 4 is 11.9 Å². The zero-order valence-electron chi connectivity index (χ0n) is 10.2. The molecule has 0 aromatic carbocycles. The molecule has 2 N–H and O–H groups in total. The number of nitrogens with one attached hydrogen (secondary N) is 1. The van der Waals surface area contributed by atoms with Crippen molar-refractivity contribution in [1.29, 1.82) is 0 Å². The second-order valence-electron chi connectivity index (χ2n) is 4.29. The van der Waals surface area contributed by atoms with E-state index in [1.165, 1.54) is 13.2 Å². The van der Waals surface area contributed by atoms with Crippen LogP contribution >= 0.6 is 0 Å². The molecule has 5 heteroatoms. The third kappa shape index (κ3) is 3.09. The van der Waals surface area contributed by atoms with Crippen molar-refractivity contribution in [3.63, 3.8) is 0 Å². The van der Waals surface area contributed by atoms with Crippen molar-refractivity contribution in [2.75, 3.05) is 0 Å². The summed E-state index contributed by atoms with van der Waals surface area (Å²) in [5.41, 5.74) is -0.900. The Labute approximate surface area is 99.8 Å². The third-order valence-corrected chi connectivity index (χ3v) is 2.60. The normalized spacial score (nSPS) is 14.1. The van der Waals surface area contributed by atoms with E-state index in [0.717, 1.165) is 0 Å². The van der Waals surface area contributed by atoms with E-state index >= 15 is 0 Å². The van der Waals surface area contributed by atoms with Crippen LogP contribution in [0.1, 0.15) is 42.8 Å². The summed E-state index contributed by atoms with van der Waals surface area (Å²) in [7, 11) is 0. The molecule has 0 aliphatic carbocycles. The lowest BCUT2D eigenvalue weighted by atomic mass is 9.96. The molecule has 1 rings (SSSR count). The summed E-state index contributed by atoms with van der Waals surface area (Å²) in [5.74, 6) is -0.851. The van der Waals surface area contributed by atoms with Crippen molar-refractivity contribution in [3.8, 4) is 0 Å². The molecule has 0 aliphatic heterocycles. The van der Waals surface area contributed by atoms with Crippen LogP contribution in [0.4, 0.5) is 0 Å². The molecule has 5 nitrogen and oxygen atoms in total. The molecule has 0 bridgehead atoms. The van der Waals surface area contributed by atoms with Gasteiger partial charge in [-0.25, -0.2) is 4.79 Å². The number of carboxylic acid groups (broad SMARTS) is 1. The van der Waals surface area contributed by atoms with Gasteiger partial charge in [-0.3, -0.25) is 4.79 Å². The van der Waals surface area contributed by atoms with Gasteiger partial charge < -0.3 is 14.8 Å². The summed E-state index contributed by atoms with van der Waals surface area (Å²) < 4.78 is 5.01. The Bertz CT molecular complexity index is 424. The first-order valence-electron chi connectivity index (χ1n) is 5.50. The molecule has 1 aromatic heterocycles. The number of carbonyl (C=O) groups is 2. The van der Waals surface area contributed by atoms with Crippen LogP contribution in [0.25, 0.3) is 0 Å². The lowest BCUT2D eigenvalue weighted by Crippen LogP contribution is -2.52. The van der Waals surface area contributed by atoms with Crippen LogP contribution in [0.5, 0.6) is 0 Å². The third-order valence-electron chi connectivity index (χ3n) is 2.60. The Balaban J connectivity index is 2.81. The van der Waals surface area contributed by atoms with Gasteiger partial charge in [-0.05, 0) is 26.3 Å². The molecule has 1 aromatic rings. The Morgan fingerprint density at radius 2 is 2.18 bits per heavy atom. The van der Waals surface area contributed by atoms with Gasteiger partial charge in [-0.2, -0.15) is 0 Å². The second-order valence-corrected chi connectivity index (χ2v) is 4.29. The van der Waals surface area contributed by atoms with Crippen molar-refractivity contribution in [3.05, 3.63) is 23.7 Å². The highest BCUT2D eigenvalue weighted by Crippen LogP contribution is 2.15. The van der Waals surface area contributed by atoms with Gasteiger partial charge in [0.25, 0.3) is 5.91 Å². The van der Waals surface area contributed by atoms with Gasteiger partial charge >= 0.3 is 5.97 Å². The molecular weight excluding hydrogens is 222 g/mol. The minimum Gasteiger partial charge on any atom is -0.480 e. The standard InChI is InChI=1S/C12H17NO4/c1-4-5-12(3,11(15)16)13-10(14)9-6-8(2)17-7-9/h6-7H,4-5H2,1-3H3,(H,13,14)(H,15,16).